The molecule has 0 aliphatic carbocycles. The van der Waals surface area contributed by atoms with Crippen molar-refractivity contribution in [1.82, 2.24) is 5.32 Å². The molecule has 3 heteroatoms. The molecule has 0 aromatic heterocycles. The molecule has 1 atom stereocenters. The SMILES string of the molecule is CCc1ccc(C(Cc2cc(F)ccc2Cl)NC)cc1. The van der Waals surface area contributed by atoms with E-state index in [1.54, 1.807) is 6.07 Å². The van der Waals surface area contributed by atoms with Crippen LogP contribution in [0.1, 0.15) is 29.7 Å². The Labute approximate surface area is 124 Å². The molecular weight excluding hydrogens is 273 g/mol. The summed E-state index contributed by atoms with van der Waals surface area (Å²) in [4.78, 5) is 0. The van der Waals surface area contributed by atoms with E-state index in [4.69, 9.17) is 11.6 Å². The maximum Gasteiger partial charge on any atom is 0.123 e. The Bertz CT molecular complexity index is 566. The number of aryl methyl sites for hydroxylation is 1. The summed E-state index contributed by atoms with van der Waals surface area (Å²) in [5, 5.41) is 3.88. The van der Waals surface area contributed by atoms with Gasteiger partial charge in [-0.2, -0.15) is 0 Å². The Morgan fingerprint density at radius 2 is 1.85 bits per heavy atom. The van der Waals surface area contributed by atoms with Gasteiger partial charge in [0.1, 0.15) is 5.82 Å². The number of likely N-dealkylation sites (N-methyl/N-ethyl adjacent to an activating group) is 1. The summed E-state index contributed by atoms with van der Waals surface area (Å²) in [5.74, 6) is -0.249. The highest BCUT2D eigenvalue weighted by atomic mass is 35.5. The van der Waals surface area contributed by atoms with Gasteiger partial charge in [-0.3, -0.25) is 0 Å². The molecule has 0 saturated heterocycles. The van der Waals surface area contributed by atoms with Gasteiger partial charge in [0.25, 0.3) is 0 Å². The molecule has 2 rings (SSSR count). The molecule has 106 valence electrons. The Kier molecular flexibility index (Phi) is 5.16. The lowest BCUT2D eigenvalue weighted by molar-refractivity contribution is 0.584. The van der Waals surface area contributed by atoms with Crippen LogP contribution in [0.5, 0.6) is 0 Å². The lowest BCUT2D eigenvalue weighted by Gasteiger charge is -2.18. The lowest BCUT2D eigenvalue weighted by Crippen LogP contribution is -2.19. The van der Waals surface area contributed by atoms with Gasteiger partial charge in [0.05, 0.1) is 0 Å². The molecule has 1 nitrogen and oxygen atoms in total. The van der Waals surface area contributed by atoms with Crippen LogP contribution in [0.15, 0.2) is 42.5 Å². The minimum Gasteiger partial charge on any atom is -0.313 e. The second-order valence-electron chi connectivity index (χ2n) is 4.88. The minimum atomic E-state index is -0.249. The Morgan fingerprint density at radius 3 is 2.45 bits per heavy atom. The average Bonchev–Trinajstić information content (AvgIpc) is 2.48. The third kappa shape index (κ3) is 3.59. The monoisotopic (exact) mass is 291 g/mol. The van der Waals surface area contributed by atoms with E-state index in [0.717, 1.165) is 12.0 Å². The van der Waals surface area contributed by atoms with E-state index in [-0.39, 0.29) is 11.9 Å². The molecular formula is C17H19ClFN. The van der Waals surface area contributed by atoms with Gasteiger partial charge >= 0.3 is 0 Å². The molecule has 2 aromatic rings. The van der Waals surface area contributed by atoms with Gasteiger partial charge in [0, 0.05) is 11.1 Å². The van der Waals surface area contributed by atoms with Gasteiger partial charge in [-0.15, -0.1) is 0 Å². The Hall–Kier alpha value is -1.38. The summed E-state index contributed by atoms with van der Waals surface area (Å²) in [6.45, 7) is 2.14. The molecule has 0 saturated carbocycles. The van der Waals surface area contributed by atoms with Gasteiger partial charge in [0.2, 0.25) is 0 Å². The van der Waals surface area contributed by atoms with Crippen molar-refractivity contribution in [1.29, 1.82) is 0 Å². The van der Waals surface area contributed by atoms with Crippen molar-refractivity contribution >= 4 is 11.6 Å². The van der Waals surface area contributed by atoms with E-state index in [1.165, 1.54) is 23.3 Å². The molecule has 0 fully saturated rings. The maximum atomic E-state index is 13.3. The maximum absolute atomic E-state index is 13.3. The van der Waals surface area contributed by atoms with Crippen LogP contribution in [-0.2, 0) is 12.8 Å². The Balaban J connectivity index is 2.21. The molecule has 0 spiro atoms. The molecule has 20 heavy (non-hydrogen) atoms. The van der Waals surface area contributed by atoms with Gasteiger partial charge in [0.15, 0.2) is 0 Å². The molecule has 2 aromatic carbocycles. The zero-order valence-electron chi connectivity index (χ0n) is 11.8. The lowest BCUT2D eigenvalue weighted by atomic mass is 9.97. The van der Waals surface area contributed by atoms with E-state index >= 15 is 0 Å². The fraction of sp³-hybridized carbons (Fsp3) is 0.294. The third-order valence-corrected chi connectivity index (χ3v) is 3.94. The molecule has 0 heterocycles. The quantitative estimate of drug-likeness (QED) is 0.852. The summed E-state index contributed by atoms with van der Waals surface area (Å²) < 4.78 is 13.3. The van der Waals surface area contributed by atoms with Crippen molar-refractivity contribution in [3.05, 3.63) is 70.0 Å². The van der Waals surface area contributed by atoms with Crippen LogP contribution in [-0.4, -0.2) is 7.05 Å². The predicted molar refractivity (Wildman–Crippen MR) is 82.7 cm³/mol. The summed E-state index contributed by atoms with van der Waals surface area (Å²) in [6, 6.07) is 13.1. The molecule has 0 aliphatic heterocycles. The van der Waals surface area contributed by atoms with Crippen molar-refractivity contribution in [2.24, 2.45) is 0 Å². The number of nitrogens with one attached hydrogen (secondary N) is 1. The summed E-state index contributed by atoms with van der Waals surface area (Å²) in [5.41, 5.74) is 3.32. The smallest absolute Gasteiger partial charge is 0.123 e. The molecule has 0 radical (unpaired) electrons. The van der Waals surface area contributed by atoms with Crippen LogP contribution in [0.25, 0.3) is 0 Å². The van der Waals surface area contributed by atoms with E-state index < -0.39 is 0 Å². The topological polar surface area (TPSA) is 12.0 Å². The first-order chi connectivity index (χ1) is 9.63. The number of halogens is 2. The predicted octanol–water partition coefficient (Wildman–Crippen LogP) is 4.54. The van der Waals surface area contributed by atoms with Crippen molar-refractivity contribution < 1.29 is 4.39 Å². The number of hydrogen-bond donors (Lipinski definition) is 1. The minimum absolute atomic E-state index is 0.125. The van der Waals surface area contributed by atoms with E-state index in [1.807, 2.05) is 7.05 Å². The van der Waals surface area contributed by atoms with Crippen molar-refractivity contribution in [3.63, 3.8) is 0 Å². The van der Waals surface area contributed by atoms with Crippen LogP contribution in [0.3, 0.4) is 0 Å². The number of rotatable bonds is 5. The molecule has 1 N–H and O–H groups in total. The fourth-order valence-electron chi connectivity index (χ4n) is 2.29. The van der Waals surface area contributed by atoms with Crippen LogP contribution < -0.4 is 5.32 Å². The van der Waals surface area contributed by atoms with Gasteiger partial charge in [-0.05, 0) is 54.8 Å². The van der Waals surface area contributed by atoms with Crippen LogP contribution in [0, 0.1) is 5.82 Å². The first kappa shape index (κ1) is 15.0. The zero-order valence-corrected chi connectivity index (χ0v) is 12.5. The number of benzene rings is 2. The van der Waals surface area contributed by atoms with Crippen LogP contribution in [0.4, 0.5) is 4.39 Å². The van der Waals surface area contributed by atoms with Gasteiger partial charge in [-0.1, -0.05) is 42.8 Å². The average molecular weight is 292 g/mol. The summed E-state index contributed by atoms with van der Waals surface area (Å²) >= 11 is 6.14. The fourth-order valence-corrected chi connectivity index (χ4v) is 2.49. The van der Waals surface area contributed by atoms with E-state index in [9.17, 15) is 4.39 Å². The second-order valence-corrected chi connectivity index (χ2v) is 5.28. The highest BCUT2D eigenvalue weighted by Crippen LogP contribution is 2.24. The largest absolute Gasteiger partial charge is 0.313 e. The van der Waals surface area contributed by atoms with E-state index in [2.05, 4.69) is 36.5 Å². The Morgan fingerprint density at radius 1 is 1.15 bits per heavy atom. The van der Waals surface area contributed by atoms with E-state index in [0.29, 0.717) is 11.4 Å². The van der Waals surface area contributed by atoms with Crippen LogP contribution in [0.2, 0.25) is 5.02 Å². The highest BCUT2D eigenvalue weighted by molar-refractivity contribution is 6.31. The first-order valence-corrected chi connectivity index (χ1v) is 7.22. The second kappa shape index (κ2) is 6.87. The molecule has 1 unspecified atom stereocenters. The summed E-state index contributed by atoms with van der Waals surface area (Å²) in [7, 11) is 1.91. The normalized spacial score (nSPS) is 12.4. The zero-order chi connectivity index (χ0) is 14.5. The first-order valence-electron chi connectivity index (χ1n) is 6.84. The standard InChI is InChI=1S/C17H19ClFN/c1-3-12-4-6-13(7-5-12)17(20-2)11-14-10-15(19)8-9-16(14)18/h4-10,17,20H,3,11H2,1-2H3. The van der Waals surface area contributed by atoms with Crippen molar-refractivity contribution in [3.8, 4) is 0 Å². The molecule has 0 amide bonds. The van der Waals surface area contributed by atoms with Gasteiger partial charge in [-0.25, -0.2) is 4.39 Å². The molecule has 0 bridgehead atoms. The van der Waals surface area contributed by atoms with Crippen LogP contribution >= 0.6 is 11.6 Å². The molecule has 0 aliphatic rings. The van der Waals surface area contributed by atoms with Crippen molar-refractivity contribution in [2.75, 3.05) is 7.05 Å². The third-order valence-electron chi connectivity index (χ3n) is 3.57. The number of hydrogen-bond acceptors (Lipinski definition) is 1. The van der Waals surface area contributed by atoms with Crippen molar-refractivity contribution in [2.45, 2.75) is 25.8 Å². The summed E-state index contributed by atoms with van der Waals surface area (Å²) in [6.07, 6.45) is 1.69. The highest BCUT2D eigenvalue weighted by Gasteiger charge is 2.12. The van der Waals surface area contributed by atoms with Gasteiger partial charge < -0.3 is 5.32 Å².